The summed E-state index contributed by atoms with van der Waals surface area (Å²) in [6, 6.07) is 7.72. The Hall–Kier alpha value is -1.59. The van der Waals surface area contributed by atoms with Crippen LogP contribution in [0.3, 0.4) is 0 Å². The van der Waals surface area contributed by atoms with Crippen molar-refractivity contribution >= 4 is 29.3 Å². The quantitative estimate of drug-likeness (QED) is 0.790. The molecule has 1 heterocycles. The fourth-order valence-corrected chi connectivity index (χ4v) is 2.05. The van der Waals surface area contributed by atoms with Crippen molar-refractivity contribution in [1.29, 1.82) is 0 Å². The highest BCUT2D eigenvalue weighted by atomic mass is 35.5. The number of benzene rings is 1. The number of nitrogens with one attached hydrogen (secondary N) is 2. The van der Waals surface area contributed by atoms with Gasteiger partial charge in [0, 0.05) is 13.0 Å². The highest BCUT2D eigenvalue weighted by Crippen LogP contribution is 2.22. The number of aromatic amines is 1. The maximum absolute atomic E-state index is 11.7. The minimum absolute atomic E-state index is 0. The smallest absolute Gasteiger partial charge is 0.221 e. The first-order chi connectivity index (χ1) is 9.11. The number of nitrogens with zero attached hydrogens (tertiary/aromatic N) is 1. The maximum atomic E-state index is 11.7. The summed E-state index contributed by atoms with van der Waals surface area (Å²) in [5, 5.41) is 2.98. The van der Waals surface area contributed by atoms with Crippen molar-refractivity contribution in [3.63, 3.8) is 0 Å². The van der Waals surface area contributed by atoms with Crippen molar-refractivity contribution in [1.82, 2.24) is 15.3 Å². The molecule has 0 fully saturated rings. The molecule has 5 nitrogen and oxygen atoms in total. The van der Waals surface area contributed by atoms with E-state index < -0.39 is 0 Å². The highest BCUT2D eigenvalue weighted by Gasteiger charge is 2.21. The van der Waals surface area contributed by atoms with Gasteiger partial charge in [-0.05, 0) is 18.1 Å². The molecule has 0 bridgehead atoms. The summed E-state index contributed by atoms with van der Waals surface area (Å²) in [6.07, 6.45) is 0.337. The number of imidazole rings is 1. The fraction of sp³-hybridized carbons (Fsp3) is 0.429. The Kier molecular flexibility index (Phi) is 5.98. The molecule has 1 atom stereocenters. The Morgan fingerprint density at radius 1 is 1.40 bits per heavy atom. The number of carbonyl (C=O) groups is 1. The van der Waals surface area contributed by atoms with Crippen LogP contribution in [-0.4, -0.2) is 22.4 Å². The first kappa shape index (κ1) is 16.5. The molecular formula is C14H21ClN4O. The molecule has 110 valence electrons. The lowest BCUT2D eigenvalue weighted by molar-refractivity contribution is -0.122. The summed E-state index contributed by atoms with van der Waals surface area (Å²) in [4.78, 5) is 19.5. The number of fused-ring (bicyclic) bond motifs is 1. The third-order valence-electron chi connectivity index (χ3n) is 3.06. The van der Waals surface area contributed by atoms with Crippen LogP contribution in [0.5, 0.6) is 0 Å². The zero-order chi connectivity index (χ0) is 13.8. The lowest BCUT2D eigenvalue weighted by Crippen LogP contribution is -2.33. The predicted octanol–water partition coefficient (Wildman–Crippen LogP) is 2.15. The Bertz CT molecular complexity index is 534. The second-order valence-corrected chi connectivity index (χ2v) is 4.97. The number of para-hydroxylation sites is 2. The molecule has 1 aromatic heterocycles. The predicted molar refractivity (Wildman–Crippen MR) is 82.7 cm³/mol. The average Bonchev–Trinajstić information content (AvgIpc) is 2.79. The SMILES string of the molecule is CC(C)C(NC(=O)CCN)c1nc2ccccc2[nH]1.Cl. The summed E-state index contributed by atoms with van der Waals surface area (Å²) >= 11 is 0. The molecule has 0 spiro atoms. The third kappa shape index (κ3) is 3.71. The normalized spacial score (nSPS) is 12.2. The molecule has 6 heteroatoms. The van der Waals surface area contributed by atoms with Gasteiger partial charge in [0.25, 0.3) is 0 Å². The van der Waals surface area contributed by atoms with E-state index in [-0.39, 0.29) is 30.3 Å². The maximum Gasteiger partial charge on any atom is 0.221 e. The number of rotatable bonds is 5. The summed E-state index contributed by atoms with van der Waals surface area (Å²) in [5.41, 5.74) is 7.29. The van der Waals surface area contributed by atoms with Gasteiger partial charge in [-0.25, -0.2) is 4.98 Å². The summed E-state index contributed by atoms with van der Waals surface area (Å²) < 4.78 is 0. The molecule has 1 aromatic carbocycles. The number of halogens is 1. The molecule has 0 aliphatic carbocycles. The van der Waals surface area contributed by atoms with E-state index in [1.807, 2.05) is 24.3 Å². The average molecular weight is 297 g/mol. The van der Waals surface area contributed by atoms with Gasteiger partial charge in [-0.15, -0.1) is 12.4 Å². The van der Waals surface area contributed by atoms with Gasteiger partial charge in [0.05, 0.1) is 17.1 Å². The summed E-state index contributed by atoms with van der Waals surface area (Å²) in [6.45, 7) is 4.47. The van der Waals surface area contributed by atoms with Crippen LogP contribution in [0.2, 0.25) is 0 Å². The molecular weight excluding hydrogens is 276 g/mol. The van der Waals surface area contributed by atoms with Crippen LogP contribution in [0.15, 0.2) is 24.3 Å². The van der Waals surface area contributed by atoms with Gasteiger partial charge < -0.3 is 16.0 Å². The summed E-state index contributed by atoms with van der Waals surface area (Å²) in [7, 11) is 0. The lowest BCUT2D eigenvalue weighted by atomic mass is 10.0. The Morgan fingerprint density at radius 3 is 2.70 bits per heavy atom. The number of hydrogen-bond donors (Lipinski definition) is 3. The first-order valence-corrected chi connectivity index (χ1v) is 6.56. The molecule has 2 aromatic rings. The topological polar surface area (TPSA) is 83.8 Å². The zero-order valence-corrected chi connectivity index (χ0v) is 12.5. The van der Waals surface area contributed by atoms with E-state index in [2.05, 4.69) is 29.1 Å². The molecule has 4 N–H and O–H groups in total. The number of amides is 1. The van der Waals surface area contributed by atoms with Gasteiger partial charge in [0.2, 0.25) is 5.91 Å². The van der Waals surface area contributed by atoms with Gasteiger partial charge in [0.15, 0.2) is 0 Å². The highest BCUT2D eigenvalue weighted by molar-refractivity contribution is 5.85. The second-order valence-electron chi connectivity index (χ2n) is 4.97. The number of aromatic nitrogens is 2. The number of carbonyl (C=O) groups excluding carboxylic acids is 1. The van der Waals surface area contributed by atoms with Crippen molar-refractivity contribution in [3.8, 4) is 0 Å². The van der Waals surface area contributed by atoms with Crippen LogP contribution in [0, 0.1) is 5.92 Å². The molecule has 0 aliphatic heterocycles. The minimum Gasteiger partial charge on any atom is -0.346 e. The number of nitrogens with two attached hydrogens (primary N) is 1. The van der Waals surface area contributed by atoms with E-state index in [4.69, 9.17) is 5.73 Å². The largest absolute Gasteiger partial charge is 0.346 e. The lowest BCUT2D eigenvalue weighted by Gasteiger charge is -2.20. The Balaban J connectivity index is 0.00000200. The number of H-pyrrole nitrogens is 1. The Morgan fingerprint density at radius 2 is 2.10 bits per heavy atom. The molecule has 20 heavy (non-hydrogen) atoms. The molecule has 0 saturated heterocycles. The van der Waals surface area contributed by atoms with Crippen molar-refractivity contribution < 1.29 is 4.79 Å². The van der Waals surface area contributed by atoms with Crippen LogP contribution in [0.25, 0.3) is 11.0 Å². The van der Waals surface area contributed by atoms with Gasteiger partial charge in [-0.2, -0.15) is 0 Å². The van der Waals surface area contributed by atoms with Crippen molar-refractivity contribution in [2.45, 2.75) is 26.3 Å². The zero-order valence-electron chi connectivity index (χ0n) is 11.7. The molecule has 1 unspecified atom stereocenters. The molecule has 2 rings (SSSR count). The molecule has 1 amide bonds. The fourth-order valence-electron chi connectivity index (χ4n) is 2.05. The molecule has 0 aliphatic rings. The van der Waals surface area contributed by atoms with Crippen LogP contribution in [-0.2, 0) is 4.79 Å². The van der Waals surface area contributed by atoms with E-state index >= 15 is 0 Å². The molecule has 0 radical (unpaired) electrons. The molecule has 0 saturated carbocycles. The monoisotopic (exact) mass is 296 g/mol. The summed E-state index contributed by atoms with van der Waals surface area (Å²) in [5.74, 6) is 1.01. The van der Waals surface area contributed by atoms with Gasteiger partial charge >= 0.3 is 0 Å². The van der Waals surface area contributed by atoms with E-state index in [9.17, 15) is 4.79 Å². The van der Waals surface area contributed by atoms with E-state index in [1.165, 1.54) is 0 Å². The van der Waals surface area contributed by atoms with Crippen molar-refractivity contribution in [2.75, 3.05) is 6.54 Å². The van der Waals surface area contributed by atoms with Crippen LogP contribution >= 0.6 is 12.4 Å². The van der Waals surface area contributed by atoms with E-state index in [0.717, 1.165) is 16.9 Å². The number of hydrogen-bond acceptors (Lipinski definition) is 3. The standard InChI is InChI=1S/C14H20N4O.ClH/c1-9(2)13(18-12(19)7-8-15)14-16-10-5-3-4-6-11(10)17-14;/h3-6,9,13H,7-8,15H2,1-2H3,(H,16,17)(H,18,19);1H. The van der Waals surface area contributed by atoms with E-state index in [0.29, 0.717) is 13.0 Å². The minimum atomic E-state index is -0.119. The second kappa shape index (κ2) is 7.26. The van der Waals surface area contributed by atoms with Crippen LogP contribution in [0.4, 0.5) is 0 Å². The third-order valence-corrected chi connectivity index (χ3v) is 3.06. The van der Waals surface area contributed by atoms with E-state index in [1.54, 1.807) is 0 Å². The van der Waals surface area contributed by atoms with Gasteiger partial charge in [-0.1, -0.05) is 26.0 Å². The van der Waals surface area contributed by atoms with Gasteiger partial charge in [0.1, 0.15) is 5.82 Å². The van der Waals surface area contributed by atoms with Crippen LogP contribution in [0.1, 0.15) is 32.1 Å². The van der Waals surface area contributed by atoms with Crippen molar-refractivity contribution in [3.05, 3.63) is 30.1 Å². The van der Waals surface area contributed by atoms with Gasteiger partial charge in [-0.3, -0.25) is 4.79 Å². The van der Waals surface area contributed by atoms with Crippen LogP contribution < -0.4 is 11.1 Å². The van der Waals surface area contributed by atoms with Crippen molar-refractivity contribution in [2.24, 2.45) is 11.7 Å². The Labute approximate surface area is 124 Å². The first-order valence-electron chi connectivity index (χ1n) is 6.56.